The minimum Gasteiger partial charge on any atom is -0.491 e. The molecular formula is C20H23F3N6O2. The third-order valence-corrected chi connectivity index (χ3v) is 5.74. The fourth-order valence-corrected chi connectivity index (χ4v) is 3.78. The van der Waals surface area contributed by atoms with Gasteiger partial charge >= 0.3 is 0 Å². The summed E-state index contributed by atoms with van der Waals surface area (Å²) >= 11 is 0. The zero-order valence-electron chi connectivity index (χ0n) is 17.3. The van der Waals surface area contributed by atoms with Gasteiger partial charge in [-0.05, 0) is 26.7 Å². The molecule has 11 heteroatoms. The van der Waals surface area contributed by atoms with Gasteiger partial charge in [-0.3, -0.25) is 4.79 Å². The SMILES string of the molecule is Cc1nc(N[C@H]2C[C@@](N)(COc3cc(F)c(F)c(F)c3)C2)nc2c1NC(=O)[C@H](C)N2C. The molecular weight excluding hydrogens is 413 g/mol. The highest BCUT2D eigenvalue weighted by Crippen LogP contribution is 2.35. The van der Waals surface area contributed by atoms with E-state index in [0.717, 1.165) is 12.1 Å². The van der Waals surface area contributed by atoms with Gasteiger partial charge in [0.2, 0.25) is 11.9 Å². The molecule has 0 saturated heterocycles. The third kappa shape index (κ3) is 3.97. The van der Waals surface area contributed by atoms with Crippen molar-refractivity contribution >= 4 is 23.4 Å². The van der Waals surface area contributed by atoms with E-state index in [1.165, 1.54) is 0 Å². The molecule has 1 amide bonds. The number of benzene rings is 1. The first-order chi connectivity index (χ1) is 14.6. The average molecular weight is 436 g/mol. The normalized spacial score (nSPS) is 24.9. The van der Waals surface area contributed by atoms with E-state index in [-0.39, 0.29) is 30.3 Å². The molecule has 31 heavy (non-hydrogen) atoms. The number of anilines is 3. The standard InChI is InChI=1S/C20H23F3N6O2/c1-9-16-17(29(3)10(2)18(30)27-16)28-19(25-9)26-11-6-20(24,7-11)8-31-12-4-13(21)15(23)14(22)5-12/h4-5,10-11H,6-8,24H2,1-3H3,(H,27,30)(H,25,26,28)/t10-,11-,20-/m0/s1. The molecule has 0 spiro atoms. The van der Waals surface area contributed by atoms with Crippen molar-refractivity contribution in [2.75, 3.05) is 29.2 Å². The number of aromatic nitrogens is 2. The predicted molar refractivity (Wildman–Crippen MR) is 109 cm³/mol. The molecule has 1 aliphatic heterocycles. The van der Waals surface area contributed by atoms with Crippen molar-refractivity contribution in [1.82, 2.24) is 9.97 Å². The molecule has 1 fully saturated rings. The highest BCUT2D eigenvalue weighted by molar-refractivity contribution is 6.03. The van der Waals surface area contributed by atoms with E-state index in [4.69, 9.17) is 10.5 Å². The summed E-state index contributed by atoms with van der Waals surface area (Å²) in [5.41, 5.74) is 6.80. The molecule has 166 valence electrons. The number of rotatable bonds is 5. The van der Waals surface area contributed by atoms with Crippen molar-refractivity contribution < 1.29 is 22.7 Å². The van der Waals surface area contributed by atoms with Crippen LogP contribution in [-0.2, 0) is 4.79 Å². The number of amides is 1. The van der Waals surface area contributed by atoms with Gasteiger partial charge in [0.25, 0.3) is 0 Å². The predicted octanol–water partition coefficient (Wildman–Crippen LogP) is 2.33. The maximum atomic E-state index is 13.3. The molecule has 4 rings (SSSR count). The fraction of sp³-hybridized carbons (Fsp3) is 0.450. The summed E-state index contributed by atoms with van der Waals surface area (Å²) in [7, 11) is 1.80. The van der Waals surface area contributed by atoms with Crippen LogP contribution in [0, 0.1) is 24.4 Å². The number of carbonyl (C=O) groups is 1. The molecule has 2 aliphatic rings. The van der Waals surface area contributed by atoms with Crippen LogP contribution >= 0.6 is 0 Å². The molecule has 0 radical (unpaired) electrons. The van der Waals surface area contributed by atoms with Gasteiger partial charge in [-0.25, -0.2) is 18.2 Å². The summed E-state index contributed by atoms with van der Waals surface area (Å²) in [6.07, 6.45) is 1.03. The second-order valence-corrected chi connectivity index (χ2v) is 8.21. The summed E-state index contributed by atoms with van der Waals surface area (Å²) in [6, 6.07) is 1.20. The number of likely N-dealkylation sites (N-methyl/N-ethyl adjacent to an activating group) is 1. The molecule has 1 saturated carbocycles. The van der Waals surface area contributed by atoms with Crippen LogP contribution in [0.4, 0.5) is 30.6 Å². The number of fused-ring (bicyclic) bond motifs is 1. The molecule has 1 aromatic heterocycles. The second kappa shape index (κ2) is 7.56. The average Bonchev–Trinajstić information content (AvgIpc) is 2.68. The Labute approximate surface area is 177 Å². The highest BCUT2D eigenvalue weighted by atomic mass is 19.2. The van der Waals surface area contributed by atoms with E-state index in [1.807, 2.05) is 0 Å². The van der Waals surface area contributed by atoms with Gasteiger partial charge in [-0.15, -0.1) is 0 Å². The first-order valence-corrected chi connectivity index (χ1v) is 9.81. The Bertz CT molecular complexity index is 1020. The van der Waals surface area contributed by atoms with E-state index in [9.17, 15) is 18.0 Å². The van der Waals surface area contributed by atoms with Gasteiger partial charge in [0.1, 0.15) is 24.1 Å². The quantitative estimate of drug-likeness (QED) is 0.618. The lowest BCUT2D eigenvalue weighted by Gasteiger charge is -2.44. The Kier molecular flexibility index (Phi) is 5.16. The summed E-state index contributed by atoms with van der Waals surface area (Å²) in [5.74, 6) is -3.36. The molecule has 8 nitrogen and oxygen atoms in total. The molecule has 0 unspecified atom stereocenters. The molecule has 0 bridgehead atoms. The summed E-state index contributed by atoms with van der Waals surface area (Å²) in [4.78, 5) is 22.8. The van der Waals surface area contributed by atoms with E-state index < -0.39 is 23.0 Å². The van der Waals surface area contributed by atoms with Crippen molar-refractivity contribution in [2.24, 2.45) is 5.73 Å². The first kappa shape index (κ1) is 21.2. The van der Waals surface area contributed by atoms with Crippen LogP contribution < -0.4 is 26.0 Å². The zero-order valence-corrected chi connectivity index (χ0v) is 17.3. The molecule has 1 aromatic carbocycles. The number of nitrogens with two attached hydrogens (primary N) is 1. The minimum atomic E-state index is -1.54. The number of halogens is 3. The third-order valence-electron chi connectivity index (χ3n) is 5.74. The lowest BCUT2D eigenvalue weighted by molar-refractivity contribution is -0.117. The summed E-state index contributed by atoms with van der Waals surface area (Å²) < 4.78 is 45.0. The summed E-state index contributed by atoms with van der Waals surface area (Å²) in [5, 5.41) is 6.06. The number of nitrogens with zero attached hydrogens (tertiary/aromatic N) is 3. The Hall–Kier alpha value is -3.08. The van der Waals surface area contributed by atoms with Crippen molar-refractivity contribution in [1.29, 1.82) is 0 Å². The van der Waals surface area contributed by atoms with Gasteiger partial charge in [0, 0.05) is 25.2 Å². The van der Waals surface area contributed by atoms with E-state index >= 15 is 0 Å². The maximum Gasteiger partial charge on any atom is 0.246 e. The van der Waals surface area contributed by atoms with Crippen LogP contribution in [-0.4, -0.2) is 47.2 Å². The second-order valence-electron chi connectivity index (χ2n) is 8.21. The minimum absolute atomic E-state index is 0.0198. The van der Waals surface area contributed by atoms with Crippen LogP contribution in [0.5, 0.6) is 5.75 Å². The Morgan fingerprint density at radius 2 is 1.94 bits per heavy atom. The van der Waals surface area contributed by atoms with E-state index in [2.05, 4.69) is 20.6 Å². The van der Waals surface area contributed by atoms with Crippen LogP contribution in [0.3, 0.4) is 0 Å². The number of carbonyl (C=O) groups excluding carboxylic acids is 1. The lowest BCUT2D eigenvalue weighted by atomic mass is 9.74. The zero-order chi connectivity index (χ0) is 22.5. The Morgan fingerprint density at radius 3 is 2.58 bits per heavy atom. The molecule has 2 aromatic rings. The highest BCUT2D eigenvalue weighted by Gasteiger charge is 2.42. The Morgan fingerprint density at radius 1 is 1.29 bits per heavy atom. The van der Waals surface area contributed by atoms with Crippen LogP contribution in [0.2, 0.25) is 0 Å². The summed E-state index contributed by atoms with van der Waals surface area (Å²) in [6.45, 7) is 3.60. The van der Waals surface area contributed by atoms with Gasteiger partial charge in [-0.1, -0.05) is 0 Å². The molecule has 1 aliphatic carbocycles. The van der Waals surface area contributed by atoms with Crippen molar-refractivity contribution in [3.05, 3.63) is 35.3 Å². The largest absolute Gasteiger partial charge is 0.491 e. The van der Waals surface area contributed by atoms with E-state index in [0.29, 0.717) is 36.0 Å². The number of aryl methyl sites for hydroxylation is 1. The van der Waals surface area contributed by atoms with Gasteiger partial charge < -0.3 is 26.0 Å². The monoisotopic (exact) mass is 436 g/mol. The Balaban J connectivity index is 1.38. The maximum absolute atomic E-state index is 13.3. The smallest absolute Gasteiger partial charge is 0.246 e. The van der Waals surface area contributed by atoms with Gasteiger partial charge in [0.15, 0.2) is 23.3 Å². The van der Waals surface area contributed by atoms with Crippen molar-refractivity contribution in [3.63, 3.8) is 0 Å². The molecule has 4 N–H and O–H groups in total. The van der Waals surface area contributed by atoms with E-state index in [1.54, 1.807) is 25.8 Å². The van der Waals surface area contributed by atoms with Crippen molar-refractivity contribution in [2.45, 2.75) is 44.3 Å². The van der Waals surface area contributed by atoms with Crippen LogP contribution in [0.25, 0.3) is 0 Å². The fourth-order valence-electron chi connectivity index (χ4n) is 3.78. The topological polar surface area (TPSA) is 105 Å². The molecule has 1 atom stereocenters. The van der Waals surface area contributed by atoms with Crippen molar-refractivity contribution in [3.8, 4) is 5.75 Å². The van der Waals surface area contributed by atoms with Gasteiger partial charge in [-0.2, -0.15) is 4.98 Å². The number of hydrogen-bond acceptors (Lipinski definition) is 7. The lowest BCUT2D eigenvalue weighted by Crippen LogP contribution is -2.60. The van der Waals surface area contributed by atoms with Crippen LogP contribution in [0.1, 0.15) is 25.5 Å². The first-order valence-electron chi connectivity index (χ1n) is 9.81. The number of hydrogen-bond donors (Lipinski definition) is 3. The number of nitrogens with one attached hydrogen (secondary N) is 2. The van der Waals surface area contributed by atoms with Crippen LogP contribution in [0.15, 0.2) is 12.1 Å². The van der Waals surface area contributed by atoms with Gasteiger partial charge in [0.05, 0.1) is 11.2 Å². The molecule has 2 heterocycles. The number of ether oxygens (including phenoxy) is 1.